The second-order valence-electron chi connectivity index (χ2n) is 5.10. The van der Waals surface area contributed by atoms with E-state index in [4.69, 9.17) is 11.6 Å². The topological polar surface area (TPSA) is 84.3 Å². The Balaban J connectivity index is 2.49. The number of carbonyl (C=O) groups excluding carboxylic acids is 1. The van der Waals surface area contributed by atoms with Gasteiger partial charge in [-0.05, 0) is 18.9 Å². The summed E-state index contributed by atoms with van der Waals surface area (Å²) >= 11 is 6.05. The average molecular weight is 314 g/mol. The van der Waals surface area contributed by atoms with Crippen molar-refractivity contribution in [3.8, 4) is 0 Å². The van der Waals surface area contributed by atoms with Gasteiger partial charge < -0.3 is 10.6 Å². The van der Waals surface area contributed by atoms with Crippen LogP contribution in [0.3, 0.4) is 0 Å². The molecule has 0 aliphatic carbocycles. The van der Waals surface area contributed by atoms with Crippen molar-refractivity contribution in [1.82, 2.24) is 5.32 Å². The van der Waals surface area contributed by atoms with Gasteiger partial charge in [-0.15, -0.1) is 0 Å². The number of nitrogens with one attached hydrogen (secondary N) is 2. The van der Waals surface area contributed by atoms with E-state index < -0.39 is 4.92 Å². The number of carbonyl (C=O) groups is 1. The second kappa shape index (κ2) is 7.83. The summed E-state index contributed by atoms with van der Waals surface area (Å²) in [7, 11) is 0. The molecule has 1 rings (SSSR count). The highest BCUT2D eigenvalue weighted by Gasteiger charge is 2.12. The maximum Gasteiger partial charge on any atom is 0.271 e. The molecule has 7 heteroatoms. The summed E-state index contributed by atoms with van der Waals surface area (Å²) in [6.07, 6.45) is 0.741. The van der Waals surface area contributed by atoms with Gasteiger partial charge in [0.2, 0.25) is 5.91 Å². The summed E-state index contributed by atoms with van der Waals surface area (Å²) < 4.78 is 0. The van der Waals surface area contributed by atoms with Crippen molar-refractivity contribution in [2.45, 2.75) is 27.2 Å². The summed E-state index contributed by atoms with van der Waals surface area (Å²) in [5.74, 6) is 0.00358. The van der Waals surface area contributed by atoms with E-state index in [2.05, 4.69) is 10.6 Å². The molecule has 116 valence electrons. The van der Waals surface area contributed by atoms with E-state index in [1.54, 1.807) is 6.92 Å². The molecule has 21 heavy (non-hydrogen) atoms. The molecule has 0 bridgehead atoms. The Labute approximate surface area is 129 Å². The summed E-state index contributed by atoms with van der Waals surface area (Å²) in [5, 5.41) is 17.0. The zero-order valence-corrected chi connectivity index (χ0v) is 13.2. The van der Waals surface area contributed by atoms with Crippen molar-refractivity contribution >= 4 is 28.9 Å². The van der Waals surface area contributed by atoms with Crippen molar-refractivity contribution in [3.05, 3.63) is 32.8 Å². The number of hydrogen-bond donors (Lipinski definition) is 2. The molecule has 0 fully saturated rings. The lowest BCUT2D eigenvalue weighted by Gasteiger charge is -2.12. The summed E-state index contributed by atoms with van der Waals surface area (Å²) in [6, 6.07) is 2.81. The molecule has 2 N–H and O–H groups in total. The van der Waals surface area contributed by atoms with Gasteiger partial charge in [0.1, 0.15) is 0 Å². The SMILES string of the molecule is Cc1cc([N+](=O)[O-])cc(Cl)c1NCCCNC(=O)C(C)C. The first-order valence-corrected chi connectivity index (χ1v) is 7.17. The Bertz CT molecular complexity index is 509. The fourth-order valence-corrected chi connectivity index (χ4v) is 2.10. The van der Waals surface area contributed by atoms with Crippen LogP contribution in [0.25, 0.3) is 0 Å². The third kappa shape index (κ3) is 5.23. The average Bonchev–Trinajstić information content (AvgIpc) is 2.40. The zero-order chi connectivity index (χ0) is 16.0. The van der Waals surface area contributed by atoms with E-state index in [0.29, 0.717) is 23.8 Å². The molecular weight excluding hydrogens is 294 g/mol. The Morgan fingerprint density at radius 3 is 2.57 bits per heavy atom. The number of halogens is 1. The Kier molecular flexibility index (Phi) is 6.42. The molecule has 1 aromatic rings. The molecule has 0 saturated carbocycles. The van der Waals surface area contributed by atoms with Crippen LogP contribution in [0.15, 0.2) is 12.1 Å². The van der Waals surface area contributed by atoms with Crippen LogP contribution >= 0.6 is 11.6 Å². The van der Waals surface area contributed by atoms with Gasteiger partial charge in [0.05, 0.1) is 15.6 Å². The summed E-state index contributed by atoms with van der Waals surface area (Å²) in [5.41, 5.74) is 1.39. The first-order valence-electron chi connectivity index (χ1n) is 6.79. The molecule has 0 spiro atoms. The minimum Gasteiger partial charge on any atom is -0.384 e. The summed E-state index contributed by atoms with van der Waals surface area (Å²) in [6.45, 7) is 6.65. The third-order valence-electron chi connectivity index (χ3n) is 2.96. The van der Waals surface area contributed by atoms with Gasteiger partial charge in [0.25, 0.3) is 5.69 Å². The van der Waals surface area contributed by atoms with Crippen molar-refractivity contribution in [2.24, 2.45) is 5.92 Å². The Morgan fingerprint density at radius 2 is 2.05 bits per heavy atom. The zero-order valence-electron chi connectivity index (χ0n) is 12.4. The normalized spacial score (nSPS) is 10.5. The lowest BCUT2D eigenvalue weighted by Crippen LogP contribution is -2.29. The van der Waals surface area contributed by atoms with Gasteiger partial charge in [-0.3, -0.25) is 14.9 Å². The van der Waals surface area contributed by atoms with Crippen molar-refractivity contribution in [1.29, 1.82) is 0 Å². The van der Waals surface area contributed by atoms with Crippen LogP contribution in [0.1, 0.15) is 25.8 Å². The predicted octanol–water partition coefficient (Wildman–Crippen LogP) is 3.13. The van der Waals surface area contributed by atoms with Crippen LogP contribution in [0, 0.1) is 23.0 Å². The molecule has 0 aliphatic heterocycles. The largest absolute Gasteiger partial charge is 0.384 e. The highest BCUT2D eigenvalue weighted by atomic mass is 35.5. The molecule has 0 aliphatic rings. The van der Waals surface area contributed by atoms with Crippen molar-refractivity contribution < 1.29 is 9.72 Å². The van der Waals surface area contributed by atoms with Crippen LogP contribution in [0.5, 0.6) is 0 Å². The highest BCUT2D eigenvalue weighted by Crippen LogP contribution is 2.30. The van der Waals surface area contributed by atoms with Crippen LogP contribution in [-0.4, -0.2) is 23.9 Å². The maximum atomic E-state index is 11.4. The molecule has 0 aromatic heterocycles. The molecule has 1 aromatic carbocycles. The number of aryl methyl sites for hydroxylation is 1. The number of non-ortho nitro benzene ring substituents is 1. The molecule has 0 unspecified atom stereocenters. The van der Waals surface area contributed by atoms with Crippen molar-refractivity contribution in [2.75, 3.05) is 18.4 Å². The third-order valence-corrected chi connectivity index (χ3v) is 3.26. The predicted molar refractivity (Wildman–Crippen MR) is 83.8 cm³/mol. The lowest BCUT2D eigenvalue weighted by molar-refractivity contribution is -0.384. The van der Waals surface area contributed by atoms with E-state index in [-0.39, 0.29) is 17.5 Å². The number of rotatable bonds is 7. The Morgan fingerprint density at radius 1 is 1.38 bits per heavy atom. The summed E-state index contributed by atoms with van der Waals surface area (Å²) in [4.78, 5) is 21.6. The van der Waals surface area contributed by atoms with Crippen LogP contribution < -0.4 is 10.6 Å². The number of benzene rings is 1. The van der Waals surface area contributed by atoms with Gasteiger partial charge in [0, 0.05) is 31.1 Å². The van der Waals surface area contributed by atoms with Gasteiger partial charge in [-0.1, -0.05) is 25.4 Å². The van der Waals surface area contributed by atoms with Crippen molar-refractivity contribution in [3.63, 3.8) is 0 Å². The van der Waals surface area contributed by atoms with E-state index in [1.165, 1.54) is 12.1 Å². The molecule has 1 amide bonds. The van der Waals surface area contributed by atoms with Crippen LogP contribution in [0.2, 0.25) is 5.02 Å². The minimum absolute atomic E-state index is 0.0211. The number of nitro groups is 1. The van der Waals surface area contributed by atoms with E-state index in [1.807, 2.05) is 13.8 Å². The molecule has 6 nitrogen and oxygen atoms in total. The second-order valence-corrected chi connectivity index (χ2v) is 5.51. The van der Waals surface area contributed by atoms with Gasteiger partial charge in [0.15, 0.2) is 0 Å². The fraction of sp³-hybridized carbons (Fsp3) is 0.500. The lowest BCUT2D eigenvalue weighted by atomic mass is 10.1. The fourth-order valence-electron chi connectivity index (χ4n) is 1.77. The maximum absolute atomic E-state index is 11.4. The molecular formula is C14H20ClN3O3. The number of amides is 1. The standard InChI is InChI=1S/C14H20ClN3O3/c1-9(2)14(19)17-6-4-5-16-13-10(3)7-11(18(20)21)8-12(13)15/h7-9,16H,4-6H2,1-3H3,(H,17,19). The molecule has 0 atom stereocenters. The number of nitrogens with zero attached hydrogens (tertiary/aromatic N) is 1. The first kappa shape index (κ1) is 17.2. The monoisotopic (exact) mass is 313 g/mol. The van der Waals surface area contributed by atoms with Crippen LogP contribution in [-0.2, 0) is 4.79 Å². The quantitative estimate of drug-likeness (QED) is 0.460. The van der Waals surface area contributed by atoms with E-state index >= 15 is 0 Å². The molecule has 0 saturated heterocycles. The smallest absolute Gasteiger partial charge is 0.271 e. The number of nitro benzene ring substituents is 1. The van der Waals surface area contributed by atoms with E-state index in [9.17, 15) is 14.9 Å². The van der Waals surface area contributed by atoms with Gasteiger partial charge >= 0.3 is 0 Å². The van der Waals surface area contributed by atoms with Crippen LogP contribution in [0.4, 0.5) is 11.4 Å². The number of anilines is 1. The van der Waals surface area contributed by atoms with Gasteiger partial charge in [-0.2, -0.15) is 0 Å². The Hall–Kier alpha value is -1.82. The van der Waals surface area contributed by atoms with E-state index in [0.717, 1.165) is 12.0 Å². The molecule has 0 heterocycles. The minimum atomic E-state index is -0.468. The van der Waals surface area contributed by atoms with Gasteiger partial charge in [-0.25, -0.2) is 0 Å². The molecule has 0 radical (unpaired) electrons. The highest BCUT2D eigenvalue weighted by molar-refractivity contribution is 6.33. The first-order chi connectivity index (χ1) is 9.82. The number of hydrogen-bond acceptors (Lipinski definition) is 4.